The van der Waals surface area contributed by atoms with Crippen molar-refractivity contribution in [2.75, 3.05) is 0 Å². The Morgan fingerprint density at radius 3 is 0.706 bits per heavy atom. The molecule has 0 rings (SSSR count). The van der Waals surface area contributed by atoms with Gasteiger partial charge in [0.2, 0.25) is 0 Å². The summed E-state index contributed by atoms with van der Waals surface area (Å²) in [5.74, 6) is -5.03. The number of hydrogen-bond donors (Lipinski definition) is 4. The summed E-state index contributed by atoms with van der Waals surface area (Å²) >= 11 is 0. The van der Waals surface area contributed by atoms with Gasteiger partial charge < -0.3 is 20.4 Å². The van der Waals surface area contributed by atoms with Crippen molar-refractivity contribution in [3.05, 3.63) is 24.3 Å². The monoisotopic (exact) mass is 252 g/mol. The highest BCUT2D eigenvalue weighted by Crippen LogP contribution is 1.71. The van der Waals surface area contributed by atoms with E-state index in [1.807, 2.05) is 0 Å². The third kappa shape index (κ3) is 31.9. The highest BCUT2D eigenvalue weighted by molar-refractivity contribution is 5.90. The molecule has 96 valence electrons. The molecule has 0 aromatic heterocycles. The minimum absolute atomic E-state index is 0. The Morgan fingerprint density at radius 1 is 0.529 bits per heavy atom. The first-order valence-electron chi connectivity index (χ1n) is 3.53. The molecule has 0 spiro atoms. The first-order valence-corrected chi connectivity index (χ1v) is 3.53. The van der Waals surface area contributed by atoms with E-state index in [2.05, 4.69) is 0 Å². The maximum atomic E-state index is 9.55. The van der Waals surface area contributed by atoms with E-state index >= 15 is 0 Å². The zero-order valence-electron chi connectivity index (χ0n) is 8.14. The average Bonchev–Trinajstić information content (AvgIpc) is 2.12. The molecule has 0 aromatic rings. The molecule has 0 amide bonds. The van der Waals surface area contributed by atoms with Crippen LogP contribution in [0.5, 0.6) is 0 Å². The van der Waals surface area contributed by atoms with Crippen molar-refractivity contribution >= 4 is 23.9 Å². The second-order valence-electron chi connectivity index (χ2n) is 2.02. The lowest BCUT2D eigenvalue weighted by molar-refractivity contribution is -0.134. The van der Waals surface area contributed by atoms with Gasteiger partial charge in [0.15, 0.2) is 0 Å². The second kappa shape index (κ2) is 11.4. The van der Waals surface area contributed by atoms with Gasteiger partial charge in [0.05, 0.1) is 0 Å². The Morgan fingerprint density at radius 2 is 0.647 bits per heavy atom. The van der Waals surface area contributed by atoms with Crippen LogP contribution in [0.2, 0.25) is 0 Å². The lowest BCUT2D eigenvalue weighted by Crippen LogP contribution is -1.91. The quantitative estimate of drug-likeness (QED) is 0.492. The standard InChI is InChI=1S/2C4H4O4.FH/c2*5-3(6)1-2-4(7)8;/h2*1-2H,(H,5,6)(H,7,8);1H/b2*2-1-;. The van der Waals surface area contributed by atoms with Crippen LogP contribution < -0.4 is 0 Å². The molecule has 0 radical (unpaired) electrons. The molecule has 9 heteroatoms. The lowest BCUT2D eigenvalue weighted by atomic mass is 10.5. The summed E-state index contributed by atoms with van der Waals surface area (Å²) in [7, 11) is 0. The Labute approximate surface area is 93.5 Å². The Kier molecular flexibility index (Phi) is 13.2. The zero-order chi connectivity index (χ0) is 13.1. The molecule has 0 aliphatic heterocycles. The fraction of sp³-hybridized carbons (Fsp3) is 0. The number of hydrogen-bond acceptors (Lipinski definition) is 4. The number of halogens is 1. The first-order chi connectivity index (χ1) is 7.25. The molecule has 0 bridgehead atoms. The highest BCUT2D eigenvalue weighted by atomic mass is 19.0. The van der Waals surface area contributed by atoms with E-state index in [1.54, 1.807) is 0 Å². The number of carboxylic acids is 4. The number of carbonyl (C=O) groups is 4. The van der Waals surface area contributed by atoms with Gasteiger partial charge in [-0.15, -0.1) is 0 Å². The van der Waals surface area contributed by atoms with E-state index in [4.69, 9.17) is 20.4 Å². The Balaban J connectivity index is -0.000000218. The summed E-state index contributed by atoms with van der Waals surface area (Å²) in [5, 5.41) is 31.2. The Bertz CT molecular complexity index is 277. The summed E-state index contributed by atoms with van der Waals surface area (Å²) in [6.45, 7) is 0. The van der Waals surface area contributed by atoms with Gasteiger partial charge in [-0.3, -0.25) is 4.70 Å². The molecular weight excluding hydrogens is 243 g/mol. The van der Waals surface area contributed by atoms with Crippen LogP contribution in [-0.2, 0) is 19.2 Å². The van der Waals surface area contributed by atoms with Crippen LogP contribution in [0, 0.1) is 0 Å². The fourth-order valence-corrected chi connectivity index (χ4v) is 0.285. The van der Waals surface area contributed by atoms with E-state index in [-0.39, 0.29) is 4.70 Å². The number of carboxylic acid groups (broad SMARTS) is 4. The van der Waals surface area contributed by atoms with Crippen molar-refractivity contribution in [2.24, 2.45) is 0 Å². The summed E-state index contributed by atoms with van der Waals surface area (Å²) in [6, 6.07) is 0. The third-order valence-electron chi connectivity index (χ3n) is 0.737. The van der Waals surface area contributed by atoms with Crippen molar-refractivity contribution in [3.8, 4) is 0 Å². The molecule has 8 nitrogen and oxygen atoms in total. The van der Waals surface area contributed by atoms with Crippen LogP contribution in [0.4, 0.5) is 4.70 Å². The maximum Gasteiger partial charge on any atom is 0.328 e. The number of aliphatic carboxylic acids is 4. The van der Waals surface area contributed by atoms with Crippen molar-refractivity contribution in [3.63, 3.8) is 0 Å². The average molecular weight is 252 g/mol. The zero-order valence-corrected chi connectivity index (χ0v) is 8.14. The lowest BCUT2D eigenvalue weighted by Gasteiger charge is -1.74. The van der Waals surface area contributed by atoms with Crippen LogP contribution in [0.1, 0.15) is 0 Å². The molecule has 0 aliphatic rings. The highest BCUT2D eigenvalue weighted by Gasteiger charge is 1.88. The van der Waals surface area contributed by atoms with Crippen molar-refractivity contribution < 1.29 is 44.3 Å². The third-order valence-corrected chi connectivity index (χ3v) is 0.737. The van der Waals surface area contributed by atoms with E-state index in [9.17, 15) is 19.2 Å². The summed E-state index contributed by atoms with van der Waals surface area (Å²) in [5.41, 5.74) is 0. The molecule has 0 fully saturated rings. The smallest absolute Gasteiger partial charge is 0.328 e. The van der Waals surface area contributed by atoms with Gasteiger partial charge in [0, 0.05) is 24.3 Å². The van der Waals surface area contributed by atoms with Gasteiger partial charge in [0.1, 0.15) is 0 Å². The van der Waals surface area contributed by atoms with E-state index in [0.29, 0.717) is 24.3 Å². The molecule has 0 atom stereocenters. The van der Waals surface area contributed by atoms with E-state index in [1.165, 1.54) is 0 Å². The predicted octanol–water partition coefficient (Wildman–Crippen LogP) is -0.424. The van der Waals surface area contributed by atoms with Crippen LogP contribution in [0.3, 0.4) is 0 Å². The van der Waals surface area contributed by atoms with Crippen LogP contribution in [0.25, 0.3) is 0 Å². The number of rotatable bonds is 4. The molecule has 0 saturated carbocycles. The second-order valence-corrected chi connectivity index (χ2v) is 2.02. The van der Waals surface area contributed by atoms with Crippen LogP contribution >= 0.6 is 0 Å². The topological polar surface area (TPSA) is 149 Å². The van der Waals surface area contributed by atoms with Gasteiger partial charge in [-0.05, 0) is 0 Å². The van der Waals surface area contributed by atoms with Gasteiger partial charge in [-0.1, -0.05) is 0 Å². The Hall–Kier alpha value is -2.71. The molecule has 0 heterocycles. The van der Waals surface area contributed by atoms with E-state index < -0.39 is 23.9 Å². The van der Waals surface area contributed by atoms with Crippen molar-refractivity contribution in [1.29, 1.82) is 0 Å². The largest absolute Gasteiger partial charge is 0.478 e. The van der Waals surface area contributed by atoms with Gasteiger partial charge in [0.25, 0.3) is 0 Å². The SMILES string of the molecule is F.O=C(O)/C=C\C(=O)O.O=C(O)/C=C\C(=O)O. The van der Waals surface area contributed by atoms with E-state index in [0.717, 1.165) is 0 Å². The summed E-state index contributed by atoms with van der Waals surface area (Å²) in [4.78, 5) is 38.2. The molecule has 4 N–H and O–H groups in total. The summed E-state index contributed by atoms with van der Waals surface area (Å²) in [6.07, 6.45) is 2.23. The predicted molar refractivity (Wildman–Crippen MR) is 51.3 cm³/mol. The molecular formula is C8H9FO8. The molecule has 0 aliphatic carbocycles. The molecule has 0 saturated heterocycles. The normalized spacial score (nSPS) is 8.94. The van der Waals surface area contributed by atoms with Gasteiger partial charge in [-0.25, -0.2) is 19.2 Å². The maximum absolute atomic E-state index is 9.55. The van der Waals surface area contributed by atoms with Crippen LogP contribution in [-0.4, -0.2) is 44.3 Å². The van der Waals surface area contributed by atoms with Gasteiger partial charge in [-0.2, -0.15) is 0 Å². The molecule has 0 aromatic carbocycles. The molecule has 0 unspecified atom stereocenters. The van der Waals surface area contributed by atoms with Gasteiger partial charge >= 0.3 is 23.9 Å². The van der Waals surface area contributed by atoms with Crippen molar-refractivity contribution in [1.82, 2.24) is 0 Å². The summed E-state index contributed by atoms with van der Waals surface area (Å²) < 4.78 is 0. The fourth-order valence-electron chi connectivity index (χ4n) is 0.285. The minimum Gasteiger partial charge on any atom is -0.478 e. The minimum atomic E-state index is -1.26. The molecule has 17 heavy (non-hydrogen) atoms. The van der Waals surface area contributed by atoms with Crippen LogP contribution in [0.15, 0.2) is 24.3 Å². The van der Waals surface area contributed by atoms with Crippen molar-refractivity contribution in [2.45, 2.75) is 0 Å². The first kappa shape index (κ1) is 19.8.